The van der Waals surface area contributed by atoms with E-state index in [1.54, 1.807) is 25.2 Å². The highest BCUT2D eigenvalue weighted by Crippen LogP contribution is 2.25. The van der Waals surface area contributed by atoms with Gasteiger partial charge in [0.15, 0.2) is 5.76 Å². The van der Waals surface area contributed by atoms with E-state index < -0.39 is 0 Å². The number of rotatable bonds is 4. The van der Waals surface area contributed by atoms with Crippen LogP contribution in [0, 0.1) is 0 Å². The lowest BCUT2D eigenvalue weighted by Crippen LogP contribution is -2.38. The summed E-state index contributed by atoms with van der Waals surface area (Å²) in [5, 5.41) is 0.937. The number of nitrogens with zero attached hydrogens (tertiary/aromatic N) is 1. The van der Waals surface area contributed by atoms with Gasteiger partial charge in [-0.25, -0.2) is 0 Å². The summed E-state index contributed by atoms with van der Waals surface area (Å²) in [5.74, 6) is 0.266. The lowest BCUT2D eigenvalue weighted by molar-refractivity contribution is 0.0584. The van der Waals surface area contributed by atoms with Gasteiger partial charge in [0.25, 0.3) is 5.91 Å². The Balaban J connectivity index is 1.85. The molecule has 3 rings (SSSR count). The smallest absolute Gasteiger partial charge is 0.290 e. The van der Waals surface area contributed by atoms with Crippen LogP contribution in [0.5, 0.6) is 0 Å². The SMILES string of the molecule is COC[C@@H]1C[C@H](OC)CN1C(=O)c1cc2ccccc2o1. The topological polar surface area (TPSA) is 51.9 Å². The van der Waals surface area contributed by atoms with Crippen molar-refractivity contribution in [1.82, 2.24) is 4.90 Å². The molecule has 2 aromatic rings. The zero-order valence-corrected chi connectivity index (χ0v) is 12.2. The van der Waals surface area contributed by atoms with Crippen LogP contribution in [0.3, 0.4) is 0 Å². The molecule has 5 nitrogen and oxygen atoms in total. The molecule has 0 aliphatic carbocycles. The number of ether oxygens (including phenoxy) is 2. The van der Waals surface area contributed by atoms with Crippen LogP contribution < -0.4 is 0 Å². The zero-order chi connectivity index (χ0) is 14.8. The van der Waals surface area contributed by atoms with Crippen LogP contribution in [0.1, 0.15) is 17.0 Å². The minimum atomic E-state index is -0.104. The fraction of sp³-hybridized carbons (Fsp3) is 0.438. The number of hydrogen-bond donors (Lipinski definition) is 0. The van der Waals surface area contributed by atoms with Gasteiger partial charge in [-0.05, 0) is 18.6 Å². The average molecular weight is 289 g/mol. The molecule has 0 unspecified atom stereocenters. The number of fused-ring (bicyclic) bond motifs is 1. The Kier molecular flexibility index (Phi) is 3.94. The number of likely N-dealkylation sites (tertiary alicyclic amines) is 1. The van der Waals surface area contributed by atoms with Crippen LogP contribution >= 0.6 is 0 Å². The Morgan fingerprint density at radius 3 is 2.90 bits per heavy atom. The number of furan rings is 1. The maximum absolute atomic E-state index is 12.7. The molecule has 2 atom stereocenters. The summed E-state index contributed by atoms with van der Waals surface area (Å²) in [6.45, 7) is 1.08. The summed E-state index contributed by atoms with van der Waals surface area (Å²) >= 11 is 0. The molecular formula is C16H19NO4. The molecule has 0 N–H and O–H groups in total. The number of para-hydroxylation sites is 1. The van der Waals surface area contributed by atoms with E-state index in [0.717, 1.165) is 17.4 Å². The van der Waals surface area contributed by atoms with E-state index in [1.807, 2.05) is 24.3 Å². The van der Waals surface area contributed by atoms with Gasteiger partial charge in [-0.2, -0.15) is 0 Å². The molecule has 1 aliphatic heterocycles. The van der Waals surface area contributed by atoms with Gasteiger partial charge in [-0.3, -0.25) is 4.79 Å². The van der Waals surface area contributed by atoms with Crippen molar-refractivity contribution in [1.29, 1.82) is 0 Å². The predicted octanol–water partition coefficient (Wildman–Crippen LogP) is 2.31. The van der Waals surface area contributed by atoms with Crippen LogP contribution in [0.25, 0.3) is 11.0 Å². The molecule has 1 saturated heterocycles. The van der Waals surface area contributed by atoms with Crippen molar-refractivity contribution in [2.24, 2.45) is 0 Å². The fourth-order valence-corrected chi connectivity index (χ4v) is 2.87. The van der Waals surface area contributed by atoms with Crippen molar-refractivity contribution < 1.29 is 18.7 Å². The number of carbonyl (C=O) groups excluding carboxylic acids is 1. The largest absolute Gasteiger partial charge is 0.451 e. The first-order valence-corrected chi connectivity index (χ1v) is 7.04. The first kappa shape index (κ1) is 14.1. The number of benzene rings is 1. The Morgan fingerprint density at radius 2 is 2.19 bits per heavy atom. The third kappa shape index (κ3) is 2.66. The standard InChI is InChI=1S/C16H19NO4/c1-19-10-12-8-13(20-2)9-17(12)16(18)15-7-11-5-3-4-6-14(11)21-15/h3-7,12-13H,8-10H2,1-2H3/t12-,13-/m0/s1. The summed E-state index contributed by atoms with van der Waals surface area (Å²) in [5.41, 5.74) is 0.728. The third-order valence-electron chi connectivity index (χ3n) is 3.97. The van der Waals surface area contributed by atoms with Crippen molar-refractivity contribution in [2.45, 2.75) is 18.6 Å². The van der Waals surface area contributed by atoms with Crippen molar-refractivity contribution in [3.63, 3.8) is 0 Å². The van der Waals surface area contributed by atoms with Crippen LogP contribution in [0.15, 0.2) is 34.7 Å². The number of methoxy groups -OCH3 is 2. The van der Waals surface area contributed by atoms with Gasteiger partial charge in [0, 0.05) is 26.2 Å². The van der Waals surface area contributed by atoms with E-state index in [1.165, 1.54) is 0 Å². The maximum Gasteiger partial charge on any atom is 0.290 e. The quantitative estimate of drug-likeness (QED) is 0.866. The molecule has 0 bridgehead atoms. The zero-order valence-electron chi connectivity index (χ0n) is 12.2. The summed E-state index contributed by atoms with van der Waals surface area (Å²) in [7, 11) is 3.31. The van der Waals surface area contributed by atoms with Crippen LogP contribution in [0.4, 0.5) is 0 Å². The molecule has 1 amide bonds. The molecular weight excluding hydrogens is 270 g/mol. The second-order valence-electron chi connectivity index (χ2n) is 5.31. The minimum Gasteiger partial charge on any atom is -0.451 e. The first-order chi connectivity index (χ1) is 10.2. The van der Waals surface area contributed by atoms with Crippen molar-refractivity contribution >= 4 is 16.9 Å². The average Bonchev–Trinajstić information content (AvgIpc) is 3.10. The fourth-order valence-electron chi connectivity index (χ4n) is 2.87. The van der Waals surface area contributed by atoms with Gasteiger partial charge in [0.2, 0.25) is 0 Å². The summed E-state index contributed by atoms with van der Waals surface area (Å²) < 4.78 is 16.3. The van der Waals surface area contributed by atoms with E-state index in [9.17, 15) is 4.79 Å². The van der Waals surface area contributed by atoms with Crippen molar-refractivity contribution in [3.8, 4) is 0 Å². The van der Waals surface area contributed by atoms with Crippen LogP contribution in [0.2, 0.25) is 0 Å². The molecule has 1 aromatic heterocycles. The Labute approximate surface area is 123 Å². The summed E-state index contributed by atoms with van der Waals surface area (Å²) in [6, 6.07) is 9.44. The highest BCUT2D eigenvalue weighted by atomic mass is 16.5. The van der Waals surface area contributed by atoms with Gasteiger partial charge in [-0.15, -0.1) is 0 Å². The molecule has 1 aromatic carbocycles. The molecule has 112 valence electrons. The van der Waals surface area contributed by atoms with E-state index in [4.69, 9.17) is 13.9 Å². The molecule has 2 heterocycles. The summed E-state index contributed by atoms with van der Waals surface area (Å²) in [4.78, 5) is 14.5. The molecule has 0 saturated carbocycles. The van der Waals surface area contributed by atoms with Crippen molar-refractivity contribution in [3.05, 3.63) is 36.1 Å². The predicted molar refractivity (Wildman–Crippen MR) is 78.3 cm³/mol. The number of hydrogen-bond acceptors (Lipinski definition) is 4. The van der Waals surface area contributed by atoms with Crippen LogP contribution in [-0.4, -0.2) is 50.3 Å². The van der Waals surface area contributed by atoms with Crippen LogP contribution in [-0.2, 0) is 9.47 Å². The maximum atomic E-state index is 12.7. The Morgan fingerprint density at radius 1 is 1.38 bits per heavy atom. The normalized spacial score (nSPS) is 22.1. The van der Waals surface area contributed by atoms with E-state index in [0.29, 0.717) is 18.9 Å². The highest BCUT2D eigenvalue weighted by molar-refractivity contribution is 5.96. The lowest BCUT2D eigenvalue weighted by Gasteiger charge is -2.22. The van der Waals surface area contributed by atoms with Gasteiger partial charge < -0.3 is 18.8 Å². The molecule has 5 heteroatoms. The Hall–Kier alpha value is -1.85. The monoisotopic (exact) mass is 289 g/mol. The van der Waals surface area contributed by atoms with E-state index in [2.05, 4.69) is 0 Å². The Bertz CT molecular complexity index is 603. The minimum absolute atomic E-state index is 0.0284. The number of amides is 1. The van der Waals surface area contributed by atoms with Gasteiger partial charge in [0.1, 0.15) is 5.58 Å². The highest BCUT2D eigenvalue weighted by Gasteiger charge is 2.36. The molecule has 21 heavy (non-hydrogen) atoms. The molecule has 0 spiro atoms. The van der Waals surface area contributed by atoms with Crippen molar-refractivity contribution in [2.75, 3.05) is 27.4 Å². The number of carbonyl (C=O) groups is 1. The second kappa shape index (κ2) is 5.87. The van der Waals surface area contributed by atoms with E-state index >= 15 is 0 Å². The molecule has 1 aliphatic rings. The first-order valence-electron chi connectivity index (χ1n) is 7.04. The van der Waals surface area contributed by atoms with Gasteiger partial charge in [-0.1, -0.05) is 18.2 Å². The lowest BCUT2D eigenvalue weighted by atomic mass is 10.2. The van der Waals surface area contributed by atoms with E-state index in [-0.39, 0.29) is 18.1 Å². The van der Waals surface area contributed by atoms with Gasteiger partial charge >= 0.3 is 0 Å². The van der Waals surface area contributed by atoms with Gasteiger partial charge in [0.05, 0.1) is 18.8 Å². The molecule has 0 radical (unpaired) electrons. The third-order valence-corrected chi connectivity index (χ3v) is 3.97. The second-order valence-corrected chi connectivity index (χ2v) is 5.31. The molecule has 1 fully saturated rings. The summed E-state index contributed by atoms with van der Waals surface area (Å²) in [6.07, 6.45) is 0.842.